The van der Waals surface area contributed by atoms with E-state index >= 15 is 0 Å². The van der Waals surface area contributed by atoms with Crippen LogP contribution in [-0.2, 0) is 9.84 Å². The van der Waals surface area contributed by atoms with E-state index in [2.05, 4.69) is 96.0 Å². The molecule has 0 fully saturated rings. The van der Waals surface area contributed by atoms with E-state index in [-0.39, 0.29) is 33.1 Å². The minimum atomic E-state index is -4.08. The maximum atomic E-state index is 14.2. The third kappa shape index (κ3) is 9.58. The van der Waals surface area contributed by atoms with Gasteiger partial charge in [0, 0.05) is 71.6 Å². The summed E-state index contributed by atoms with van der Waals surface area (Å²) in [7, 11) is -4.08. The zero-order valence-electron chi connectivity index (χ0n) is 40.6. The summed E-state index contributed by atoms with van der Waals surface area (Å²) in [5.74, 6) is 1.41. The van der Waals surface area contributed by atoms with Gasteiger partial charge in [0.1, 0.15) is 45.2 Å². The third-order valence-corrected chi connectivity index (χ3v) is 15.0. The second-order valence-electron chi connectivity index (χ2n) is 18.3. The minimum absolute atomic E-state index is 0.00394. The highest BCUT2D eigenvalue weighted by atomic mass is 32.2. The lowest BCUT2D eigenvalue weighted by molar-refractivity contribution is 0.472. The van der Waals surface area contributed by atoms with E-state index in [1.165, 1.54) is 35.6 Å². The Morgan fingerprint density at radius 2 is 0.831 bits per heavy atom. The number of anilines is 2. The first-order chi connectivity index (χ1) is 34.5. The summed E-state index contributed by atoms with van der Waals surface area (Å²) in [5.41, 5.74) is 7.19. The highest BCUT2D eigenvalue weighted by molar-refractivity contribution is 7.91. The molecule has 0 aliphatic heterocycles. The fourth-order valence-corrected chi connectivity index (χ4v) is 10.4. The van der Waals surface area contributed by atoms with E-state index in [1.807, 2.05) is 12.1 Å². The van der Waals surface area contributed by atoms with Crippen molar-refractivity contribution in [2.75, 3.05) is 36.0 Å². The lowest BCUT2D eigenvalue weighted by Crippen LogP contribution is -2.25. The number of rotatable bonds is 20. The van der Waals surface area contributed by atoms with Crippen molar-refractivity contribution < 1.29 is 36.3 Å². The van der Waals surface area contributed by atoms with Crippen LogP contribution in [0.15, 0.2) is 149 Å². The molecule has 364 valence electrons. The van der Waals surface area contributed by atoms with Crippen LogP contribution in [-0.4, -0.2) is 54.8 Å². The van der Waals surface area contributed by atoms with Gasteiger partial charge in [-0.2, -0.15) is 0 Å². The van der Waals surface area contributed by atoms with Gasteiger partial charge in [-0.1, -0.05) is 53.4 Å². The maximum Gasteiger partial charge on any atom is 0.231 e. The smallest absolute Gasteiger partial charge is 0.231 e. The van der Waals surface area contributed by atoms with Crippen LogP contribution >= 0.6 is 0 Å². The second kappa shape index (κ2) is 20.1. The highest BCUT2D eigenvalue weighted by Crippen LogP contribution is 2.41. The van der Waals surface area contributed by atoms with Crippen LogP contribution in [0.3, 0.4) is 0 Å². The van der Waals surface area contributed by atoms with E-state index in [9.17, 15) is 18.6 Å². The Bertz CT molecular complexity index is 3360. The number of unbranched alkanes of at least 4 members (excludes halogenated alkanes) is 4. The molecule has 0 saturated carbocycles. The largest absolute Gasteiger partial charge is 0.507 e. The fraction of sp³-hybridized carbons (Fsp3) is 0.276. The van der Waals surface area contributed by atoms with Crippen molar-refractivity contribution in [2.45, 2.75) is 88.9 Å². The van der Waals surface area contributed by atoms with Crippen molar-refractivity contribution in [3.63, 3.8) is 0 Å². The van der Waals surface area contributed by atoms with Crippen LogP contribution in [0.2, 0.25) is 0 Å². The molecular weight excluding hydrogens is 913 g/mol. The number of sulfone groups is 1. The number of hydrogen-bond acceptors (Lipinski definition) is 12. The first-order valence-electron chi connectivity index (χ1n) is 24.8. The van der Waals surface area contributed by atoms with Gasteiger partial charge in [0.15, 0.2) is 11.2 Å². The minimum Gasteiger partial charge on any atom is -0.507 e. The number of aromatic hydroxyl groups is 2. The van der Waals surface area contributed by atoms with E-state index in [0.29, 0.717) is 56.0 Å². The van der Waals surface area contributed by atoms with Crippen LogP contribution in [0.1, 0.15) is 79.1 Å². The van der Waals surface area contributed by atoms with Crippen LogP contribution in [0.4, 0.5) is 11.4 Å². The average Bonchev–Trinajstić information content (AvgIpc) is 4.20. The summed E-state index contributed by atoms with van der Waals surface area (Å²) in [6.07, 6.45) is 9.12. The molecule has 0 spiro atoms. The maximum absolute atomic E-state index is 14.2. The Morgan fingerprint density at radius 3 is 1.20 bits per heavy atom. The van der Waals surface area contributed by atoms with Crippen molar-refractivity contribution in [3.8, 4) is 57.1 Å². The number of fused-ring (bicyclic) bond motifs is 4. The Morgan fingerprint density at radius 1 is 0.451 bits per heavy atom. The number of hydrogen-bond donors (Lipinski definition) is 2. The summed E-state index contributed by atoms with van der Waals surface area (Å²) in [6.45, 7) is 12.9. The first kappa shape index (κ1) is 47.2. The zero-order chi connectivity index (χ0) is 49.2. The fourth-order valence-electron chi connectivity index (χ4n) is 9.10. The molecule has 0 amide bonds. The summed E-state index contributed by atoms with van der Waals surface area (Å²) in [6, 6.07) is 36.2. The standard InChI is InChI=1S/C58H58N4O8S/c1-5-9-25-61(26-10-6-2)41-17-13-37(14-18-41)53-31-39-29-45(49(63)35-55(39)67-53)57-59-47-33-43(21-23-51(47)69-57)71(65,66)44-22-24-52-48(34-44)60-58(70-52)46-30-40-32-54(68-56(40)36-50(46)64)38-15-19-42(20-16-38)62(27-11-7-3)28-12-8-4/h13-24,29-36,63-64H,5-12,25-28H2,1-4H3. The number of phenolic OH excluding ortho intramolecular Hbond substituents is 2. The SMILES string of the molecule is CCCCN(CCCC)c1ccc(-c2cc3cc(-c4nc5cc(S(=O)(=O)c6ccc7oc(-c8cc9cc(-c%10ccc(N(CCCC)CCCC)cc%10)oc9cc8O)nc7c6)ccc5o4)c(O)cc3o2)cc1. The summed E-state index contributed by atoms with van der Waals surface area (Å²) in [4.78, 5) is 14.1. The molecule has 2 N–H and O–H groups in total. The molecule has 10 rings (SSSR count). The summed E-state index contributed by atoms with van der Waals surface area (Å²) in [5, 5.41) is 23.8. The van der Waals surface area contributed by atoms with Gasteiger partial charge in [-0.3, -0.25) is 0 Å². The molecule has 0 saturated heterocycles. The Kier molecular flexibility index (Phi) is 13.3. The first-order valence-corrected chi connectivity index (χ1v) is 26.3. The second-order valence-corrected chi connectivity index (χ2v) is 20.3. The molecule has 0 aliphatic carbocycles. The van der Waals surface area contributed by atoms with Crippen LogP contribution in [0, 0.1) is 0 Å². The van der Waals surface area contributed by atoms with Gasteiger partial charge in [0.2, 0.25) is 21.6 Å². The number of furan rings is 2. The van der Waals surface area contributed by atoms with E-state index in [4.69, 9.17) is 17.7 Å². The molecule has 13 heteroatoms. The Balaban J connectivity index is 0.871. The van der Waals surface area contributed by atoms with Crippen molar-refractivity contribution in [1.82, 2.24) is 9.97 Å². The van der Waals surface area contributed by atoms with Crippen LogP contribution < -0.4 is 9.80 Å². The van der Waals surface area contributed by atoms with Gasteiger partial charge in [-0.15, -0.1) is 0 Å². The Labute approximate surface area is 413 Å². The molecule has 12 nitrogen and oxygen atoms in total. The monoisotopic (exact) mass is 970 g/mol. The molecule has 0 bridgehead atoms. The Hall–Kier alpha value is -7.51. The molecule has 0 atom stereocenters. The summed E-state index contributed by atoms with van der Waals surface area (Å²) >= 11 is 0. The van der Waals surface area contributed by atoms with E-state index in [1.54, 1.807) is 36.4 Å². The van der Waals surface area contributed by atoms with Gasteiger partial charge in [0.05, 0.1) is 20.9 Å². The zero-order valence-corrected chi connectivity index (χ0v) is 41.4. The van der Waals surface area contributed by atoms with Crippen LogP contribution in [0.5, 0.6) is 11.5 Å². The number of phenols is 2. The van der Waals surface area contributed by atoms with Crippen LogP contribution in [0.25, 0.3) is 89.7 Å². The van der Waals surface area contributed by atoms with Gasteiger partial charge in [-0.25, -0.2) is 18.4 Å². The molecule has 0 unspecified atom stereocenters. The molecule has 0 aliphatic rings. The lowest BCUT2D eigenvalue weighted by Gasteiger charge is -2.24. The molecule has 0 radical (unpaired) electrons. The predicted octanol–water partition coefficient (Wildman–Crippen LogP) is 15.2. The van der Waals surface area contributed by atoms with Gasteiger partial charge >= 0.3 is 0 Å². The molecule has 71 heavy (non-hydrogen) atoms. The molecule has 4 heterocycles. The molecule has 4 aromatic heterocycles. The topological polar surface area (TPSA) is 159 Å². The van der Waals surface area contributed by atoms with E-state index in [0.717, 1.165) is 99.4 Å². The van der Waals surface area contributed by atoms with Crippen molar-refractivity contribution in [1.29, 1.82) is 0 Å². The van der Waals surface area contributed by atoms with Gasteiger partial charge in [-0.05, 0) is 135 Å². The quantitative estimate of drug-likeness (QED) is 0.0745. The summed E-state index contributed by atoms with van der Waals surface area (Å²) < 4.78 is 52.9. The number of oxazole rings is 2. The predicted molar refractivity (Wildman–Crippen MR) is 282 cm³/mol. The molecule has 10 aromatic rings. The third-order valence-electron chi connectivity index (χ3n) is 13.2. The highest BCUT2D eigenvalue weighted by Gasteiger charge is 2.24. The van der Waals surface area contributed by atoms with E-state index < -0.39 is 9.84 Å². The lowest BCUT2D eigenvalue weighted by atomic mass is 10.1. The normalized spacial score (nSPS) is 12.0. The average molecular weight is 971 g/mol. The van der Waals surface area contributed by atoms with Gasteiger partial charge in [0.25, 0.3) is 0 Å². The van der Waals surface area contributed by atoms with Crippen molar-refractivity contribution in [3.05, 3.63) is 121 Å². The number of aromatic nitrogens is 2. The van der Waals surface area contributed by atoms with Crippen molar-refractivity contribution >= 4 is 65.3 Å². The van der Waals surface area contributed by atoms with Crippen molar-refractivity contribution in [2.24, 2.45) is 0 Å². The molecule has 6 aromatic carbocycles. The number of nitrogens with zero attached hydrogens (tertiary/aromatic N) is 4. The number of benzene rings is 6. The van der Waals surface area contributed by atoms with Gasteiger partial charge < -0.3 is 37.7 Å². The molecular formula is C58H58N4O8S.